The predicted octanol–water partition coefficient (Wildman–Crippen LogP) is 6.11. The first-order valence-electron chi connectivity index (χ1n) is 12.3. The van der Waals surface area contributed by atoms with Gasteiger partial charge in [-0.05, 0) is 69.1 Å². The van der Waals surface area contributed by atoms with Crippen LogP contribution in [0.2, 0.25) is 0 Å². The van der Waals surface area contributed by atoms with E-state index in [4.69, 9.17) is 9.47 Å². The molecule has 188 valence electrons. The normalized spacial score (nSPS) is 11.3. The van der Waals surface area contributed by atoms with Crippen LogP contribution in [0.15, 0.2) is 97.1 Å². The van der Waals surface area contributed by atoms with Crippen molar-refractivity contribution in [1.82, 2.24) is 25.4 Å². The zero-order valence-electron chi connectivity index (χ0n) is 20.5. The second-order valence-electron chi connectivity index (χ2n) is 8.99. The van der Waals surface area contributed by atoms with Gasteiger partial charge in [0.15, 0.2) is 0 Å². The number of ether oxygens (including phenoxy) is 2. The van der Waals surface area contributed by atoms with Gasteiger partial charge in [-0.1, -0.05) is 76.1 Å². The molecular formula is C30H24FN5O2. The summed E-state index contributed by atoms with van der Waals surface area (Å²) in [5.41, 5.74) is 4.66. The summed E-state index contributed by atoms with van der Waals surface area (Å²) in [4.78, 5) is 4.85. The number of aromatic nitrogens is 5. The number of hydrogen-bond donors (Lipinski definition) is 0. The van der Waals surface area contributed by atoms with Gasteiger partial charge in [-0.25, -0.2) is 4.98 Å². The molecule has 8 heteroatoms. The topological polar surface area (TPSA) is 75.0 Å². The molecule has 0 aliphatic heterocycles. The summed E-state index contributed by atoms with van der Waals surface area (Å²) in [6.45, 7) is 1.49. The highest BCUT2D eigenvalue weighted by atomic mass is 19.2. The smallest absolute Gasteiger partial charge is 0.216 e. The van der Waals surface area contributed by atoms with Gasteiger partial charge in [0, 0.05) is 10.9 Å². The molecule has 0 bridgehead atoms. The van der Waals surface area contributed by atoms with Crippen molar-refractivity contribution in [3.05, 3.63) is 114 Å². The van der Waals surface area contributed by atoms with E-state index in [0.717, 1.165) is 50.7 Å². The Morgan fingerprint density at radius 3 is 2.42 bits per heavy atom. The number of para-hydroxylation sites is 1. The van der Waals surface area contributed by atoms with Crippen LogP contribution in [0.5, 0.6) is 5.75 Å². The van der Waals surface area contributed by atoms with E-state index in [0.29, 0.717) is 25.4 Å². The minimum atomic E-state index is 0.0861. The van der Waals surface area contributed by atoms with Gasteiger partial charge in [0.2, 0.25) is 5.82 Å². The molecule has 38 heavy (non-hydrogen) atoms. The minimum absolute atomic E-state index is 0.0861. The average molecular weight is 506 g/mol. The van der Waals surface area contributed by atoms with Crippen LogP contribution >= 0.6 is 0 Å². The van der Waals surface area contributed by atoms with Crippen LogP contribution in [-0.4, -0.2) is 32.0 Å². The standard InChI is InChI=1S/C30H24FN5O2/c31-36-30(33-34-35-36)25-9-5-21(6-10-25)15-16-37-19-22-7-8-23-12-14-28(18-26(23)17-22)38-20-27-13-11-24-3-1-2-4-29(24)32-27/h1-14,17-18H,15-16,19-20H2. The summed E-state index contributed by atoms with van der Waals surface area (Å²) in [5.74, 6) is 0.888. The molecule has 0 atom stereocenters. The fourth-order valence-corrected chi connectivity index (χ4v) is 4.34. The summed E-state index contributed by atoms with van der Waals surface area (Å²) < 4.78 is 25.4. The van der Waals surface area contributed by atoms with Gasteiger partial charge < -0.3 is 9.47 Å². The number of fused-ring (bicyclic) bond motifs is 2. The Morgan fingerprint density at radius 2 is 1.55 bits per heavy atom. The summed E-state index contributed by atoms with van der Waals surface area (Å²) in [7, 11) is 0. The first-order chi connectivity index (χ1) is 18.7. The Labute approximate surface area is 218 Å². The Kier molecular flexibility index (Phi) is 6.70. The van der Waals surface area contributed by atoms with E-state index in [2.05, 4.69) is 63.0 Å². The fraction of sp³-hybridized carbons (Fsp3) is 0.133. The maximum Gasteiger partial charge on any atom is 0.216 e. The van der Waals surface area contributed by atoms with Crippen molar-refractivity contribution in [3.63, 3.8) is 0 Å². The first-order valence-corrected chi connectivity index (χ1v) is 12.3. The van der Waals surface area contributed by atoms with E-state index in [1.807, 2.05) is 42.5 Å². The van der Waals surface area contributed by atoms with Gasteiger partial charge in [0.25, 0.3) is 0 Å². The fourth-order valence-electron chi connectivity index (χ4n) is 4.34. The second-order valence-corrected chi connectivity index (χ2v) is 8.99. The van der Waals surface area contributed by atoms with Gasteiger partial charge in [-0.2, -0.15) is 0 Å². The molecular weight excluding hydrogens is 481 g/mol. The van der Waals surface area contributed by atoms with Crippen LogP contribution in [0.3, 0.4) is 0 Å². The summed E-state index contributed by atoms with van der Waals surface area (Å²) in [5, 5.41) is 13.6. The van der Waals surface area contributed by atoms with Gasteiger partial charge in [0.1, 0.15) is 12.4 Å². The molecule has 0 radical (unpaired) electrons. The van der Waals surface area contributed by atoms with Crippen LogP contribution in [0, 0.1) is 0 Å². The number of tetrazole rings is 1. The summed E-state index contributed by atoms with van der Waals surface area (Å²) in [6.07, 6.45) is 0.745. The lowest BCUT2D eigenvalue weighted by molar-refractivity contribution is 0.124. The third kappa shape index (κ3) is 5.35. The summed E-state index contributed by atoms with van der Waals surface area (Å²) in [6, 6.07) is 32.0. The molecule has 0 aliphatic carbocycles. The molecule has 2 aromatic heterocycles. The molecule has 0 aliphatic rings. The third-order valence-electron chi connectivity index (χ3n) is 6.37. The van der Waals surface area contributed by atoms with Crippen LogP contribution in [-0.2, 0) is 24.4 Å². The van der Waals surface area contributed by atoms with E-state index in [9.17, 15) is 4.48 Å². The maximum atomic E-state index is 13.5. The largest absolute Gasteiger partial charge is 0.487 e. The van der Waals surface area contributed by atoms with E-state index in [1.165, 1.54) is 0 Å². The molecule has 0 unspecified atom stereocenters. The molecule has 4 aromatic carbocycles. The lowest BCUT2D eigenvalue weighted by Gasteiger charge is -2.09. The molecule has 0 amide bonds. The van der Waals surface area contributed by atoms with Crippen molar-refractivity contribution >= 4 is 21.7 Å². The molecule has 0 spiro atoms. The van der Waals surface area contributed by atoms with Crippen molar-refractivity contribution in [3.8, 4) is 17.1 Å². The molecule has 0 fully saturated rings. The number of pyridine rings is 1. The lowest BCUT2D eigenvalue weighted by atomic mass is 10.1. The highest BCUT2D eigenvalue weighted by Crippen LogP contribution is 2.24. The van der Waals surface area contributed by atoms with E-state index >= 15 is 0 Å². The Balaban J connectivity index is 1.04. The number of benzene rings is 4. The number of hydrogen-bond acceptors (Lipinski definition) is 6. The van der Waals surface area contributed by atoms with Crippen molar-refractivity contribution in [2.45, 2.75) is 19.6 Å². The van der Waals surface area contributed by atoms with Crippen LogP contribution in [0.4, 0.5) is 4.48 Å². The van der Waals surface area contributed by atoms with Crippen LogP contribution in [0.25, 0.3) is 33.1 Å². The molecule has 2 heterocycles. The van der Waals surface area contributed by atoms with Crippen LogP contribution < -0.4 is 4.74 Å². The van der Waals surface area contributed by atoms with Gasteiger partial charge in [0.05, 0.1) is 24.4 Å². The van der Waals surface area contributed by atoms with Crippen molar-refractivity contribution in [2.24, 2.45) is 0 Å². The van der Waals surface area contributed by atoms with Crippen molar-refractivity contribution in [2.75, 3.05) is 6.61 Å². The SMILES string of the molecule is Fn1nnnc1-c1ccc(CCOCc2ccc3ccc(OCc4ccc5ccccc5n4)cc3c2)cc1. The lowest BCUT2D eigenvalue weighted by Crippen LogP contribution is -2.00. The van der Waals surface area contributed by atoms with Crippen molar-refractivity contribution < 1.29 is 14.0 Å². The predicted molar refractivity (Wildman–Crippen MR) is 143 cm³/mol. The Bertz CT molecular complexity index is 1700. The molecule has 0 saturated heterocycles. The Hall–Kier alpha value is -4.69. The van der Waals surface area contributed by atoms with Gasteiger partial charge >= 0.3 is 0 Å². The highest BCUT2D eigenvalue weighted by molar-refractivity contribution is 5.84. The van der Waals surface area contributed by atoms with Gasteiger partial charge in [-0.15, -0.1) is 5.10 Å². The number of nitrogens with zero attached hydrogens (tertiary/aromatic N) is 5. The number of halogens is 1. The van der Waals surface area contributed by atoms with Crippen molar-refractivity contribution in [1.29, 1.82) is 0 Å². The molecule has 6 aromatic rings. The summed E-state index contributed by atoms with van der Waals surface area (Å²) >= 11 is 0. The monoisotopic (exact) mass is 505 g/mol. The molecule has 0 N–H and O–H groups in total. The average Bonchev–Trinajstić information content (AvgIpc) is 3.40. The second kappa shape index (κ2) is 10.7. The molecule has 0 saturated carbocycles. The number of rotatable bonds is 9. The third-order valence-corrected chi connectivity index (χ3v) is 6.37. The quantitative estimate of drug-likeness (QED) is 0.221. The van der Waals surface area contributed by atoms with E-state index in [-0.39, 0.29) is 10.7 Å². The Morgan fingerprint density at radius 1 is 0.737 bits per heavy atom. The zero-order chi connectivity index (χ0) is 25.7. The zero-order valence-corrected chi connectivity index (χ0v) is 20.5. The highest BCUT2D eigenvalue weighted by Gasteiger charge is 2.08. The van der Waals surface area contributed by atoms with Gasteiger partial charge in [-0.3, -0.25) is 0 Å². The molecule has 7 nitrogen and oxygen atoms in total. The maximum absolute atomic E-state index is 13.5. The van der Waals surface area contributed by atoms with Crippen LogP contribution in [0.1, 0.15) is 16.8 Å². The molecule has 6 rings (SSSR count). The first kappa shape index (κ1) is 23.7. The van der Waals surface area contributed by atoms with E-state index < -0.39 is 0 Å². The minimum Gasteiger partial charge on any atom is -0.487 e. The van der Waals surface area contributed by atoms with E-state index in [1.54, 1.807) is 12.1 Å².